The van der Waals surface area contributed by atoms with Gasteiger partial charge in [0.2, 0.25) is 0 Å². The fraction of sp³-hybridized carbons (Fsp3) is 0.733. The van der Waals surface area contributed by atoms with Crippen LogP contribution in [0.4, 0.5) is 0 Å². The molecule has 0 radical (unpaired) electrons. The van der Waals surface area contributed by atoms with Gasteiger partial charge in [0.05, 0.1) is 17.5 Å². The molecule has 1 atom stereocenters. The van der Waals surface area contributed by atoms with Crippen LogP contribution in [0.1, 0.15) is 55.1 Å². The highest BCUT2D eigenvalue weighted by Gasteiger charge is 2.38. The average molecular weight is 313 g/mol. The summed E-state index contributed by atoms with van der Waals surface area (Å²) in [7, 11) is 1.93. The van der Waals surface area contributed by atoms with E-state index in [2.05, 4.69) is 18.9 Å². The highest BCUT2D eigenvalue weighted by molar-refractivity contribution is 5.95. The number of piperidine rings is 1. The number of halogens is 1. The van der Waals surface area contributed by atoms with Crippen LogP contribution in [0.2, 0.25) is 0 Å². The molecule has 1 amide bonds. The van der Waals surface area contributed by atoms with Crippen LogP contribution >= 0.6 is 12.4 Å². The van der Waals surface area contributed by atoms with Gasteiger partial charge in [0.15, 0.2) is 0 Å². The molecule has 21 heavy (non-hydrogen) atoms. The van der Waals surface area contributed by atoms with Crippen LogP contribution in [0.5, 0.6) is 0 Å². The number of rotatable bonds is 2. The van der Waals surface area contributed by atoms with Crippen LogP contribution < -0.4 is 5.73 Å². The summed E-state index contributed by atoms with van der Waals surface area (Å²) in [6.45, 7) is 5.76. The summed E-state index contributed by atoms with van der Waals surface area (Å²) in [6.07, 6.45) is 4.96. The van der Waals surface area contributed by atoms with E-state index in [1.807, 2.05) is 16.6 Å². The van der Waals surface area contributed by atoms with Crippen molar-refractivity contribution in [2.24, 2.45) is 18.2 Å². The number of nitrogens with two attached hydrogens (primary N) is 1. The van der Waals surface area contributed by atoms with Crippen LogP contribution in [0.15, 0.2) is 6.20 Å². The lowest BCUT2D eigenvalue weighted by atomic mass is 9.79. The van der Waals surface area contributed by atoms with E-state index in [0.717, 1.165) is 30.8 Å². The van der Waals surface area contributed by atoms with Crippen LogP contribution in [-0.2, 0) is 7.05 Å². The minimum atomic E-state index is -0.0180. The van der Waals surface area contributed by atoms with E-state index >= 15 is 0 Å². The normalized spacial score (nSPS) is 24.6. The van der Waals surface area contributed by atoms with Gasteiger partial charge in [0, 0.05) is 32.1 Å². The Hall–Kier alpha value is -1.07. The van der Waals surface area contributed by atoms with Crippen molar-refractivity contribution in [2.75, 3.05) is 13.1 Å². The Morgan fingerprint density at radius 3 is 2.62 bits per heavy atom. The van der Waals surface area contributed by atoms with E-state index in [-0.39, 0.29) is 29.8 Å². The summed E-state index contributed by atoms with van der Waals surface area (Å²) in [6, 6.07) is 0.170. The summed E-state index contributed by atoms with van der Waals surface area (Å²) < 4.78 is 1.87. The second-order valence-corrected chi connectivity index (χ2v) is 6.95. The molecule has 2 N–H and O–H groups in total. The summed E-state index contributed by atoms with van der Waals surface area (Å²) in [5.74, 6) is 0.654. The van der Waals surface area contributed by atoms with Gasteiger partial charge in [0.25, 0.3) is 5.91 Å². The first kappa shape index (κ1) is 16.3. The molecule has 6 heteroatoms. The van der Waals surface area contributed by atoms with E-state index in [1.54, 1.807) is 6.20 Å². The van der Waals surface area contributed by atoms with Crippen molar-refractivity contribution < 1.29 is 4.79 Å². The molecule has 2 fully saturated rings. The maximum Gasteiger partial charge on any atom is 0.257 e. The number of hydrogen-bond acceptors (Lipinski definition) is 3. The molecule has 0 bridgehead atoms. The lowest BCUT2D eigenvalue weighted by Gasteiger charge is -2.42. The van der Waals surface area contributed by atoms with Gasteiger partial charge < -0.3 is 10.6 Å². The monoisotopic (exact) mass is 312 g/mol. The molecular weight excluding hydrogens is 288 g/mol. The topological polar surface area (TPSA) is 64.2 Å². The number of aromatic nitrogens is 2. The van der Waals surface area contributed by atoms with E-state index in [0.29, 0.717) is 5.92 Å². The minimum Gasteiger partial charge on any atom is -0.338 e. The third kappa shape index (κ3) is 2.94. The molecule has 1 saturated carbocycles. The molecule has 2 heterocycles. The molecule has 1 aliphatic heterocycles. The molecule has 1 saturated heterocycles. The molecule has 1 unspecified atom stereocenters. The highest BCUT2D eigenvalue weighted by atomic mass is 35.5. The number of amides is 1. The van der Waals surface area contributed by atoms with Crippen molar-refractivity contribution in [3.63, 3.8) is 0 Å². The van der Waals surface area contributed by atoms with Crippen molar-refractivity contribution in [1.29, 1.82) is 0 Å². The Morgan fingerprint density at radius 2 is 2.05 bits per heavy atom. The average Bonchev–Trinajstić information content (AvgIpc) is 3.15. The van der Waals surface area contributed by atoms with Gasteiger partial charge in [-0.25, -0.2) is 0 Å². The summed E-state index contributed by atoms with van der Waals surface area (Å²) in [5, 5.41) is 4.29. The predicted octanol–water partition coefficient (Wildman–Crippen LogP) is 1.92. The van der Waals surface area contributed by atoms with Gasteiger partial charge in [-0.15, -0.1) is 12.4 Å². The van der Waals surface area contributed by atoms with E-state index in [1.165, 1.54) is 12.8 Å². The first-order valence-electron chi connectivity index (χ1n) is 7.47. The second kappa shape index (κ2) is 5.61. The van der Waals surface area contributed by atoms with E-state index in [9.17, 15) is 4.79 Å². The quantitative estimate of drug-likeness (QED) is 0.907. The van der Waals surface area contributed by atoms with Gasteiger partial charge in [0.1, 0.15) is 0 Å². The summed E-state index contributed by atoms with van der Waals surface area (Å²) >= 11 is 0. The predicted molar refractivity (Wildman–Crippen MR) is 84.7 cm³/mol. The van der Waals surface area contributed by atoms with Gasteiger partial charge in [-0.2, -0.15) is 5.10 Å². The van der Waals surface area contributed by atoms with Crippen LogP contribution in [-0.4, -0.2) is 39.7 Å². The van der Waals surface area contributed by atoms with Crippen molar-refractivity contribution in [1.82, 2.24) is 14.7 Å². The molecule has 1 aliphatic carbocycles. The fourth-order valence-electron chi connectivity index (χ4n) is 3.17. The molecule has 1 aromatic rings. The molecule has 1 aromatic heterocycles. The fourth-order valence-corrected chi connectivity index (χ4v) is 3.17. The molecular formula is C15H25ClN4O. The van der Waals surface area contributed by atoms with Crippen LogP contribution in [0.3, 0.4) is 0 Å². The lowest BCUT2D eigenvalue weighted by Crippen LogP contribution is -2.54. The smallest absolute Gasteiger partial charge is 0.257 e. The number of carbonyl (C=O) groups excluding carboxylic acids is 1. The largest absolute Gasteiger partial charge is 0.338 e. The number of aryl methyl sites for hydroxylation is 1. The SMILES string of the molecule is Cl.Cn1ncc(C(=O)N2CCC(N)C(C)(C)C2)c1C1CC1. The zero-order chi connectivity index (χ0) is 14.5. The van der Waals surface area contributed by atoms with Gasteiger partial charge in [-0.1, -0.05) is 13.8 Å². The molecule has 0 spiro atoms. The number of carbonyl (C=O) groups is 1. The molecule has 118 valence electrons. The molecule has 2 aliphatic rings. The van der Waals surface area contributed by atoms with Crippen molar-refractivity contribution in [3.8, 4) is 0 Å². The zero-order valence-electron chi connectivity index (χ0n) is 13.0. The van der Waals surface area contributed by atoms with E-state index < -0.39 is 0 Å². The Labute approximate surface area is 132 Å². The van der Waals surface area contributed by atoms with Crippen LogP contribution in [0.25, 0.3) is 0 Å². The third-order valence-electron chi connectivity index (χ3n) is 4.78. The van der Waals surface area contributed by atoms with Gasteiger partial charge in [-0.3, -0.25) is 9.48 Å². The zero-order valence-corrected chi connectivity index (χ0v) is 13.8. The van der Waals surface area contributed by atoms with Gasteiger partial charge >= 0.3 is 0 Å². The maximum atomic E-state index is 12.8. The Balaban J connectivity index is 0.00000161. The third-order valence-corrected chi connectivity index (χ3v) is 4.78. The maximum absolute atomic E-state index is 12.8. The molecule has 5 nitrogen and oxygen atoms in total. The first-order chi connectivity index (χ1) is 9.40. The minimum absolute atomic E-state index is 0. The number of likely N-dealkylation sites (tertiary alicyclic amines) is 1. The van der Waals surface area contributed by atoms with Crippen LogP contribution in [0, 0.1) is 5.41 Å². The van der Waals surface area contributed by atoms with Gasteiger partial charge in [-0.05, 0) is 24.7 Å². The standard InChI is InChI=1S/C15H24N4O.ClH/c1-15(2)9-19(7-6-12(15)16)14(20)11-8-17-18(3)13(11)10-4-5-10;/h8,10,12H,4-7,9,16H2,1-3H3;1H. The van der Waals surface area contributed by atoms with Crippen molar-refractivity contribution in [2.45, 2.75) is 45.1 Å². The summed E-state index contributed by atoms with van der Waals surface area (Å²) in [4.78, 5) is 14.7. The molecule has 3 rings (SSSR count). The van der Waals surface area contributed by atoms with E-state index in [4.69, 9.17) is 5.73 Å². The molecule has 0 aromatic carbocycles. The van der Waals surface area contributed by atoms with Crippen molar-refractivity contribution >= 4 is 18.3 Å². The Kier molecular flexibility index (Phi) is 4.36. The Morgan fingerprint density at radius 1 is 1.38 bits per heavy atom. The first-order valence-corrected chi connectivity index (χ1v) is 7.47. The summed E-state index contributed by atoms with van der Waals surface area (Å²) in [5.41, 5.74) is 8.04. The van der Waals surface area contributed by atoms with Crippen molar-refractivity contribution in [3.05, 3.63) is 17.5 Å². The lowest BCUT2D eigenvalue weighted by molar-refractivity contribution is 0.0531. The number of nitrogens with zero attached hydrogens (tertiary/aromatic N) is 3. The number of hydrogen-bond donors (Lipinski definition) is 1. The second-order valence-electron chi connectivity index (χ2n) is 6.95. The highest BCUT2D eigenvalue weighted by Crippen LogP contribution is 2.42. The Bertz CT molecular complexity index is 536.